The number of aromatic nitrogens is 1. The molecule has 10 aromatic rings. The van der Waals surface area contributed by atoms with E-state index in [0.717, 1.165) is 11.2 Å². The summed E-state index contributed by atoms with van der Waals surface area (Å²) in [4.78, 5) is 0. The Kier molecular flexibility index (Phi) is 4.68. The number of para-hydroxylation sites is 2. The molecule has 47 heavy (non-hydrogen) atoms. The predicted molar refractivity (Wildman–Crippen MR) is 198 cm³/mol. The first-order valence-electron chi connectivity index (χ1n) is 16.4. The summed E-state index contributed by atoms with van der Waals surface area (Å²) < 4.78 is 9.10. The molecule has 2 heteroatoms. The van der Waals surface area contributed by atoms with Gasteiger partial charge in [-0.25, -0.2) is 0 Å². The minimum Gasteiger partial charge on any atom is -0.455 e. The van der Waals surface area contributed by atoms with Gasteiger partial charge < -0.3 is 8.98 Å². The van der Waals surface area contributed by atoms with Crippen molar-refractivity contribution < 1.29 is 4.42 Å². The second-order valence-corrected chi connectivity index (χ2v) is 13.7. The van der Waals surface area contributed by atoms with Gasteiger partial charge in [0.2, 0.25) is 0 Å². The molecule has 0 aliphatic heterocycles. The Balaban J connectivity index is 1.24. The van der Waals surface area contributed by atoms with Crippen molar-refractivity contribution in [3.8, 4) is 16.8 Å². The van der Waals surface area contributed by atoms with Gasteiger partial charge in [0.15, 0.2) is 0 Å². The lowest BCUT2D eigenvalue weighted by Crippen LogP contribution is -2.15. The molecule has 0 fully saturated rings. The van der Waals surface area contributed by atoms with Crippen LogP contribution in [0.3, 0.4) is 0 Å². The predicted octanol–water partition coefficient (Wildman–Crippen LogP) is 12.4. The maximum absolute atomic E-state index is 6.62. The number of hydrogen-bond acceptors (Lipinski definition) is 1. The van der Waals surface area contributed by atoms with Gasteiger partial charge in [-0.05, 0) is 85.4 Å². The van der Waals surface area contributed by atoms with E-state index in [0.29, 0.717) is 0 Å². The van der Waals surface area contributed by atoms with Gasteiger partial charge in [-0.3, -0.25) is 0 Å². The van der Waals surface area contributed by atoms with Gasteiger partial charge in [0, 0.05) is 38.2 Å². The summed E-state index contributed by atoms with van der Waals surface area (Å²) in [6, 6.07) is 51.4. The number of furan rings is 1. The zero-order valence-electron chi connectivity index (χ0n) is 26.1. The maximum atomic E-state index is 6.62. The number of benzene rings is 8. The van der Waals surface area contributed by atoms with Crippen LogP contribution in [0.2, 0.25) is 0 Å². The van der Waals surface area contributed by atoms with Crippen molar-refractivity contribution in [2.24, 2.45) is 0 Å². The highest BCUT2D eigenvalue weighted by molar-refractivity contribution is 6.26. The third-order valence-electron chi connectivity index (χ3n) is 11.0. The van der Waals surface area contributed by atoms with Gasteiger partial charge >= 0.3 is 0 Å². The number of nitrogens with zero attached hydrogens (tertiary/aromatic N) is 1. The van der Waals surface area contributed by atoms with Gasteiger partial charge in [0.05, 0.1) is 11.0 Å². The van der Waals surface area contributed by atoms with Crippen molar-refractivity contribution in [1.82, 2.24) is 4.57 Å². The first-order valence-corrected chi connectivity index (χ1v) is 16.4. The molecule has 0 N–H and O–H groups in total. The fourth-order valence-electron chi connectivity index (χ4n) is 8.77. The zero-order valence-corrected chi connectivity index (χ0v) is 26.1. The SMILES string of the molecule is CC1(C)c2cc3c(cc2-c2c1ccc1c2oc2ccccc21)c1ccccc1n3-c1ccc2c3ccccc3c3ccccc3c2c1. The average molecular weight is 600 g/mol. The second-order valence-electron chi connectivity index (χ2n) is 13.7. The smallest absolute Gasteiger partial charge is 0.143 e. The largest absolute Gasteiger partial charge is 0.455 e. The minimum absolute atomic E-state index is 0.175. The Labute approximate surface area is 271 Å². The molecular weight excluding hydrogens is 571 g/mol. The van der Waals surface area contributed by atoms with Crippen LogP contribution in [0, 0.1) is 0 Å². The van der Waals surface area contributed by atoms with Gasteiger partial charge in [0.1, 0.15) is 11.2 Å². The van der Waals surface area contributed by atoms with Gasteiger partial charge in [-0.15, -0.1) is 0 Å². The molecule has 11 rings (SSSR count). The highest BCUT2D eigenvalue weighted by atomic mass is 16.3. The standard InChI is InChI=1S/C45H29NO/c1-45(2)38-22-21-34-33-16-8-10-18-42(33)47-44(34)43(38)37-24-36-32-15-7-9-17-40(32)46(41(36)25-39(37)45)26-19-20-31-29-13-4-3-11-27(29)28-12-5-6-14-30(28)35(31)23-26/h3-25H,1-2H3. The molecule has 2 nitrogen and oxygen atoms in total. The van der Waals surface area contributed by atoms with E-state index in [4.69, 9.17) is 4.42 Å². The van der Waals surface area contributed by atoms with Crippen molar-refractivity contribution in [3.05, 3.63) is 151 Å². The number of rotatable bonds is 1. The molecule has 1 aliphatic rings. The van der Waals surface area contributed by atoms with E-state index in [2.05, 4.69) is 158 Å². The van der Waals surface area contributed by atoms with Crippen LogP contribution in [0.5, 0.6) is 0 Å². The molecule has 0 radical (unpaired) electrons. The molecule has 2 aromatic heterocycles. The van der Waals surface area contributed by atoms with Crippen LogP contribution < -0.4 is 0 Å². The number of hydrogen-bond donors (Lipinski definition) is 0. The van der Waals surface area contributed by atoms with E-state index in [-0.39, 0.29) is 5.41 Å². The van der Waals surface area contributed by atoms with Crippen LogP contribution in [0.15, 0.2) is 144 Å². The van der Waals surface area contributed by atoms with Crippen LogP contribution in [0.1, 0.15) is 25.0 Å². The molecule has 0 atom stereocenters. The van der Waals surface area contributed by atoms with Crippen molar-refractivity contribution >= 4 is 76.1 Å². The zero-order chi connectivity index (χ0) is 31.0. The van der Waals surface area contributed by atoms with E-state index in [1.165, 1.54) is 92.8 Å². The van der Waals surface area contributed by atoms with E-state index in [9.17, 15) is 0 Å². The molecule has 2 heterocycles. The fraction of sp³-hybridized carbons (Fsp3) is 0.0667. The molecule has 0 amide bonds. The summed E-state index contributed by atoms with van der Waals surface area (Å²) in [6.45, 7) is 4.72. The summed E-state index contributed by atoms with van der Waals surface area (Å²) >= 11 is 0. The van der Waals surface area contributed by atoms with Gasteiger partial charge in [0.25, 0.3) is 0 Å². The third-order valence-corrected chi connectivity index (χ3v) is 11.0. The van der Waals surface area contributed by atoms with Crippen LogP contribution in [-0.4, -0.2) is 4.57 Å². The lowest BCUT2D eigenvalue weighted by atomic mass is 9.82. The Morgan fingerprint density at radius 2 is 1.04 bits per heavy atom. The molecule has 0 saturated heterocycles. The van der Waals surface area contributed by atoms with E-state index in [1.807, 2.05) is 0 Å². The number of fused-ring (bicyclic) bond motifs is 16. The Morgan fingerprint density at radius 3 is 1.79 bits per heavy atom. The Morgan fingerprint density at radius 1 is 0.447 bits per heavy atom. The Hall–Kier alpha value is -5.86. The summed E-state index contributed by atoms with van der Waals surface area (Å²) in [7, 11) is 0. The van der Waals surface area contributed by atoms with E-state index < -0.39 is 0 Å². The minimum atomic E-state index is -0.175. The molecule has 1 aliphatic carbocycles. The lowest BCUT2D eigenvalue weighted by molar-refractivity contribution is 0.653. The van der Waals surface area contributed by atoms with Crippen molar-refractivity contribution in [2.75, 3.05) is 0 Å². The maximum Gasteiger partial charge on any atom is 0.143 e. The molecule has 8 aromatic carbocycles. The molecule has 0 spiro atoms. The average Bonchev–Trinajstić information content (AvgIpc) is 3.73. The summed E-state index contributed by atoms with van der Waals surface area (Å²) in [5, 5.41) is 12.6. The molecular formula is C45H29NO. The first-order chi connectivity index (χ1) is 23.1. The van der Waals surface area contributed by atoms with Crippen LogP contribution >= 0.6 is 0 Å². The quantitative estimate of drug-likeness (QED) is 0.172. The van der Waals surface area contributed by atoms with Crippen LogP contribution in [0.25, 0.3) is 92.9 Å². The van der Waals surface area contributed by atoms with Crippen LogP contribution in [0.4, 0.5) is 0 Å². The topological polar surface area (TPSA) is 18.1 Å². The van der Waals surface area contributed by atoms with Crippen molar-refractivity contribution in [1.29, 1.82) is 0 Å². The summed E-state index contributed by atoms with van der Waals surface area (Å²) in [5.41, 5.74) is 10.6. The fourth-order valence-corrected chi connectivity index (χ4v) is 8.77. The molecule has 0 saturated carbocycles. The van der Waals surface area contributed by atoms with Gasteiger partial charge in [-0.2, -0.15) is 0 Å². The lowest BCUT2D eigenvalue weighted by Gasteiger charge is -2.21. The molecule has 0 unspecified atom stereocenters. The third kappa shape index (κ3) is 3.15. The summed E-state index contributed by atoms with van der Waals surface area (Å²) in [6.07, 6.45) is 0. The first kappa shape index (κ1) is 25.3. The van der Waals surface area contributed by atoms with Crippen molar-refractivity contribution in [2.45, 2.75) is 19.3 Å². The normalized spacial score (nSPS) is 13.9. The van der Waals surface area contributed by atoms with Gasteiger partial charge in [-0.1, -0.05) is 117 Å². The summed E-state index contributed by atoms with van der Waals surface area (Å²) in [5.74, 6) is 0. The van der Waals surface area contributed by atoms with Crippen LogP contribution in [-0.2, 0) is 5.41 Å². The monoisotopic (exact) mass is 599 g/mol. The highest BCUT2D eigenvalue weighted by Gasteiger charge is 2.38. The highest BCUT2D eigenvalue weighted by Crippen LogP contribution is 2.54. The molecule has 0 bridgehead atoms. The van der Waals surface area contributed by atoms with E-state index >= 15 is 0 Å². The second kappa shape index (κ2) is 8.69. The Bertz CT molecular complexity index is 2950. The molecule has 220 valence electrons. The van der Waals surface area contributed by atoms with Crippen molar-refractivity contribution in [3.63, 3.8) is 0 Å². The van der Waals surface area contributed by atoms with E-state index in [1.54, 1.807) is 0 Å².